The van der Waals surface area contributed by atoms with E-state index in [2.05, 4.69) is 27.6 Å². The van der Waals surface area contributed by atoms with Gasteiger partial charge in [0.05, 0.1) is 0 Å². The Bertz CT molecular complexity index is 320. The van der Waals surface area contributed by atoms with Gasteiger partial charge in [0.15, 0.2) is 0 Å². The van der Waals surface area contributed by atoms with E-state index in [1.165, 1.54) is 19.4 Å². The third kappa shape index (κ3) is 3.02. The number of nitrogens with one attached hydrogen (secondary N) is 1. The minimum atomic E-state index is 0.763. The normalized spacial score (nSPS) is 21.6. The lowest BCUT2D eigenvalue weighted by Gasteiger charge is -2.27. The van der Waals surface area contributed by atoms with Crippen LogP contribution in [0.3, 0.4) is 0 Å². The summed E-state index contributed by atoms with van der Waals surface area (Å²) in [7, 11) is 2.13. The number of piperidine rings is 1. The largest absolute Gasteiger partial charge is 0.316 e. The molecule has 1 aliphatic heterocycles. The van der Waals surface area contributed by atoms with Crippen LogP contribution in [0.15, 0.2) is 4.63 Å². The molecule has 0 radical (unpaired) electrons. The van der Waals surface area contributed by atoms with E-state index in [0.717, 1.165) is 36.9 Å². The average Bonchev–Trinajstić information content (AvgIpc) is 2.66. The SMILES string of the molecule is Cc1nonc1CN(C)CC1CCCNC1. The predicted molar refractivity (Wildman–Crippen MR) is 61.0 cm³/mol. The minimum absolute atomic E-state index is 0.763. The van der Waals surface area contributed by atoms with E-state index in [4.69, 9.17) is 4.63 Å². The Labute approximate surface area is 96.2 Å². The van der Waals surface area contributed by atoms with Crippen molar-refractivity contribution < 1.29 is 4.63 Å². The number of nitrogens with zero attached hydrogens (tertiary/aromatic N) is 3. The van der Waals surface area contributed by atoms with Gasteiger partial charge >= 0.3 is 0 Å². The fraction of sp³-hybridized carbons (Fsp3) is 0.818. The summed E-state index contributed by atoms with van der Waals surface area (Å²) in [4.78, 5) is 2.30. The summed E-state index contributed by atoms with van der Waals surface area (Å²) in [6.45, 7) is 6.18. The van der Waals surface area contributed by atoms with Crippen LogP contribution < -0.4 is 5.32 Å². The second-order valence-corrected chi connectivity index (χ2v) is 4.71. The smallest absolute Gasteiger partial charge is 0.122 e. The zero-order chi connectivity index (χ0) is 11.4. The first-order chi connectivity index (χ1) is 7.75. The molecule has 90 valence electrons. The maximum atomic E-state index is 4.70. The average molecular weight is 224 g/mol. The summed E-state index contributed by atoms with van der Waals surface area (Å²) in [5, 5.41) is 11.1. The number of aromatic nitrogens is 2. The maximum absolute atomic E-state index is 4.70. The van der Waals surface area contributed by atoms with Crippen LogP contribution in [0.4, 0.5) is 0 Å². The molecule has 0 spiro atoms. The van der Waals surface area contributed by atoms with Crippen LogP contribution in [0.5, 0.6) is 0 Å². The van der Waals surface area contributed by atoms with Crippen molar-refractivity contribution in [2.45, 2.75) is 26.3 Å². The molecule has 0 aliphatic carbocycles. The molecule has 1 N–H and O–H groups in total. The van der Waals surface area contributed by atoms with Crippen molar-refractivity contribution in [2.24, 2.45) is 5.92 Å². The van der Waals surface area contributed by atoms with Gasteiger partial charge in [0.2, 0.25) is 0 Å². The zero-order valence-electron chi connectivity index (χ0n) is 10.1. The molecule has 5 nitrogen and oxygen atoms in total. The number of aryl methyl sites for hydroxylation is 1. The molecule has 1 saturated heterocycles. The zero-order valence-corrected chi connectivity index (χ0v) is 10.1. The topological polar surface area (TPSA) is 54.2 Å². The van der Waals surface area contributed by atoms with Gasteiger partial charge in [-0.05, 0) is 45.8 Å². The standard InChI is InChI=1S/C11H20N4O/c1-9-11(14-16-13-9)8-15(2)7-10-4-3-5-12-6-10/h10,12H,3-8H2,1-2H3. The summed E-state index contributed by atoms with van der Waals surface area (Å²) >= 11 is 0. The second kappa shape index (κ2) is 5.41. The number of hydrogen-bond donors (Lipinski definition) is 1. The fourth-order valence-electron chi connectivity index (χ4n) is 2.23. The highest BCUT2D eigenvalue weighted by Crippen LogP contribution is 2.12. The molecule has 1 fully saturated rings. The van der Waals surface area contributed by atoms with Gasteiger partial charge in [-0.3, -0.25) is 0 Å². The van der Waals surface area contributed by atoms with Crippen LogP contribution in [0.2, 0.25) is 0 Å². The highest BCUT2D eigenvalue weighted by Gasteiger charge is 2.16. The van der Waals surface area contributed by atoms with E-state index in [9.17, 15) is 0 Å². The Hall–Kier alpha value is -0.940. The molecule has 2 heterocycles. The van der Waals surface area contributed by atoms with E-state index in [0.29, 0.717) is 0 Å². The molecule has 0 amide bonds. The Balaban J connectivity index is 1.79. The molecular formula is C11H20N4O. The number of rotatable bonds is 4. The van der Waals surface area contributed by atoms with Crippen molar-refractivity contribution in [1.29, 1.82) is 0 Å². The Morgan fingerprint density at radius 1 is 1.50 bits per heavy atom. The Morgan fingerprint density at radius 2 is 2.38 bits per heavy atom. The van der Waals surface area contributed by atoms with Crippen molar-refractivity contribution in [3.63, 3.8) is 0 Å². The lowest BCUT2D eigenvalue weighted by molar-refractivity contribution is 0.229. The van der Waals surface area contributed by atoms with E-state index in [1.807, 2.05) is 6.92 Å². The first kappa shape index (κ1) is 11.5. The summed E-state index contributed by atoms with van der Waals surface area (Å²) in [6, 6.07) is 0. The summed E-state index contributed by atoms with van der Waals surface area (Å²) in [6.07, 6.45) is 2.62. The molecule has 1 aliphatic rings. The third-order valence-electron chi connectivity index (χ3n) is 3.13. The van der Waals surface area contributed by atoms with Crippen LogP contribution >= 0.6 is 0 Å². The van der Waals surface area contributed by atoms with Gasteiger partial charge in [0.1, 0.15) is 11.4 Å². The summed E-state index contributed by atoms with van der Waals surface area (Å²) in [5.41, 5.74) is 1.85. The summed E-state index contributed by atoms with van der Waals surface area (Å²) < 4.78 is 4.70. The van der Waals surface area contributed by atoms with Crippen LogP contribution in [0.1, 0.15) is 24.2 Å². The molecule has 2 rings (SSSR count). The van der Waals surface area contributed by atoms with Crippen molar-refractivity contribution in [3.8, 4) is 0 Å². The van der Waals surface area contributed by atoms with Crippen LogP contribution in [-0.2, 0) is 6.54 Å². The van der Waals surface area contributed by atoms with Gasteiger partial charge < -0.3 is 10.2 Å². The van der Waals surface area contributed by atoms with Gasteiger partial charge in [0, 0.05) is 13.1 Å². The van der Waals surface area contributed by atoms with Gasteiger partial charge in [0.25, 0.3) is 0 Å². The molecule has 1 atom stereocenters. The summed E-state index contributed by atoms with van der Waals surface area (Å²) in [5.74, 6) is 0.763. The monoisotopic (exact) mass is 224 g/mol. The first-order valence-electron chi connectivity index (χ1n) is 5.93. The molecule has 1 aromatic heterocycles. The number of hydrogen-bond acceptors (Lipinski definition) is 5. The molecule has 1 unspecified atom stereocenters. The highest BCUT2D eigenvalue weighted by molar-refractivity contribution is 5.03. The Morgan fingerprint density at radius 3 is 3.00 bits per heavy atom. The van der Waals surface area contributed by atoms with E-state index in [-0.39, 0.29) is 0 Å². The Kier molecular flexibility index (Phi) is 3.90. The van der Waals surface area contributed by atoms with Gasteiger partial charge in [-0.25, -0.2) is 4.63 Å². The fourth-order valence-corrected chi connectivity index (χ4v) is 2.23. The molecule has 5 heteroatoms. The van der Waals surface area contributed by atoms with Crippen molar-refractivity contribution in [1.82, 2.24) is 20.5 Å². The molecule has 16 heavy (non-hydrogen) atoms. The molecule has 0 aromatic carbocycles. The molecule has 0 saturated carbocycles. The lowest BCUT2D eigenvalue weighted by atomic mass is 9.99. The predicted octanol–water partition coefficient (Wildman–Crippen LogP) is 0.809. The van der Waals surface area contributed by atoms with Crippen molar-refractivity contribution in [2.75, 3.05) is 26.7 Å². The van der Waals surface area contributed by atoms with E-state index in [1.54, 1.807) is 0 Å². The molecule has 1 aromatic rings. The van der Waals surface area contributed by atoms with Crippen molar-refractivity contribution in [3.05, 3.63) is 11.4 Å². The molecular weight excluding hydrogens is 204 g/mol. The maximum Gasteiger partial charge on any atom is 0.122 e. The lowest BCUT2D eigenvalue weighted by Crippen LogP contribution is -2.36. The second-order valence-electron chi connectivity index (χ2n) is 4.71. The quantitative estimate of drug-likeness (QED) is 0.820. The van der Waals surface area contributed by atoms with Gasteiger partial charge in [-0.1, -0.05) is 10.3 Å². The van der Waals surface area contributed by atoms with E-state index < -0.39 is 0 Å². The van der Waals surface area contributed by atoms with Crippen LogP contribution in [-0.4, -0.2) is 41.9 Å². The van der Waals surface area contributed by atoms with Gasteiger partial charge in [-0.15, -0.1) is 0 Å². The third-order valence-corrected chi connectivity index (χ3v) is 3.13. The first-order valence-corrected chi connectivity index (χ1v) is 5.93. The van der Waals surface area contributed by atoms with E-state index >= 15 is 0 Å². The van der Waals surface area contributed by atoms with Gasteiger partial charge in [-0.2, -0.15) is 0 Å². The van der Waals surface area contributed by atoms with Crippen molar-refractivity contribution >= 4 is 0 Å². The highest BCUT2D eigenvalue weighted by atomic mass is 16.6. The molecule has 0 bridgehead atoms. The van der Waals surface area contributed by atoms with Crippen LogP contribution in [0.25, 0.3) is 0 Å². The minimum Gasteiger partial charge on any atom is -0.316 e. The van der Waals surface area contributed by atoms with Crippen LogP contribution in [0, 0.1) is 12.8 Å².